The first-order valence-electron chi connectivity index (χ1n) is 5.28. The van der Waals surface area contributed by atoms with Crippen LogP contribution in [0.3, 0.4) is 0 Å². The van der Waals surface area contributed by atoms with E-state index in [2.05, 4.69) is 4.98 Å². The van der Waals surface area contributed by atoms with Crippen LogP contribution in [0.5, 0.6) is 0 Å². The van der Waals surface area contributed by atoms with E-state index in [1.807, 2.05) is 5.32 Å². The largest absolute Gasteiger partial charge is 0.405 e. The Morgan fingerprint density at radius 3 is 2.50 bits per heavy atom. The summed E-state index contributed by atoms with van der Waals surface area (Å²) in [5, 5.41) is 1.82. The smallest absolute Gasteiger partial charge is 0.329 e. The molecular weight excluding hydrogens is 247 g/mol. The summed E-state index contributed by atoms with van der Waals surface area (Å²) in [6.07, 6.45) is -1.28. The van der Waals surface area contributed by atoms with Gasteiger partial charge in [0, 0.05) is 19.4 Å². The van der Waals surface area contributed by atoms with Gasteiger partial charge in [0.25, 0.3) is 0 Å². The zero-order chi connectivity index (χ0) is 13.8. The molecular formula is C11H14F3N3O. The quantitative estimate of drug-likeness (QED) is 0.907. The van der Waals surface area contributed by atoms with Gasteiger partial charge >= 0.3 is 12.2 Å². The highest BCUT2D eigenvalue weighted by molar-refractivity contribution is 5.74. The molecule has 0 saturated heterocycles. The molecule has 7 heteroatoms. The summed E-state index contributed by atoms with van der Waals surface area (Å²) in [7, 11) is 1.44. The summed E-state index contributed by atoms with van der Waals surface area (Å²) in [6, 6.07) is 2.31. The Morgan fingerprint density at radius 2 is 2.00 bits per heavy atom. The third-order valence-electron chi connectivity index (χ3n) is 2.53. The number of urea groups is 1. The molecule has 1 aromatic rings. The average molecular weight is 261 g/mol. The van der Waals surface area contributed by atoms with Crippen molar-refractivity contribution < 1.29 is 18.0 Å². The Balaban J connectivity index is 2.59. The summed E-state index contributed by atoms with van der Waals surface area (Å²) < 4.78 is 35.9. The zero-order valence-electron chi connectivity index (χ0n) is 10.0. The standard InChI is InChI=1S/C11H14F3N3O/c1-8(9-3-5-15-6-4-9)17(2)10(18)16-7-11(12,13)14/h3-6,8H,7H2,1-2H3,(H,16,18)/t8-/m0/s1. The molecule has 0 spiro atoms. The molecule has 100 valence electrons. The average Bonchev–Trinajstić information content (AvgIpc) is 2.34. The Hall–Kier alpha value is -1.79. The zero-order valence-corrected chi connectivity index (χ0v) is 10.0. The summed E-state index contributed by atoms with van der Waals surface area (Å²) in [5.74, 6) is 0. The molecule has 0 unspecified atom stereocenters. The van der Waals surface area contributed by atoms with Gasteiger partial charge in [-0.05, 0) is 24.6 Å². The van der Waals surface area contributed by atoms with Gasteiger partial charge in [0.1, 0.15) is 6.54 Å². The van der Waals surface area contributed by atoms with E-state index in [0.717, 1.165) is 5.56 Å². The molecule has 0 radical (unpaired) electrons. The van der Waals surface area contributed by atoms with Gasteiger partial charge in [0.05, 0.1) is 6.04 Å². The number of nitrogens with zero attached hydrogens (tertiary/aromatic N) is 2. The predicted octanol–water partition coefficient (Wildman–Crippen LogP) is 2.35. The van der Waals surface area contributed by atoms with Crippen molar-refractivity contribution >= 4 is 6.03 Å². The molecule has 18 heavy (non-hydrogen) atoms. The first kappa shape index (κ1) is 14.3. The molecule has 0 aliphatic heterocycles. The van der Waals surface area contributed by atoms with Gasteiger partial charge in [-0.25, -0.2) is 4.79 Å². The van der Waals surface area contributed by atoms with Gasteiger partial charge in [0.2, 0.25) is 0 Å². The molecule has 0 aromatic carbocycles. The van der Waals surface area contributed by atoms with E-state index in [1.165, 1.54) is 11.9 Å². The summed E-state index contributed by atoms with van der Waals surface area (Å²) in [4.78, 5) is 16.5. The molecule has 0 saturated carbocycles. The second-order valence-electron chi connectivity index (χ2n) is 3.84. The molecule has 1 rings (SSSR count). The maximum atomic E-state index is 12.0. The number of carbonyl (C=O) groups is 1. The van der Waals surface area contributed by atoms with E-state index in [0.29, 0.717) is 0 Å². The lowest BCUT2D eigenvalue weighted by atomic mass is 10.1. The number of amides is 2. The second kappa shape index (κ2) is 5.70. The molecule has 1 aromatic heterocycles. The Labute approximate surface area is 103 Å². The minimum absolute atomic E-state index is 0.332. The molecule has 0 aliphatic rings. The number of hydrogen-bond donors (Lipinski definition) is 1. The fourth-order valence-electron chi connectivity index (χ4n) is 1.34. The van der Waals surface area contributed by atoms with E-state index in [4.69, 9.17) is 0 Å². The second-order valence-corrected chi connectivity index (χ2v) is 3.84. The van der Waals surface area contributed by atoms with Crippen LogP contribution in [0.25, 0.3) is 0 Å². The van der Waals surface area contributed by atoms with Crippen LogP contribution in [-0.4, -0.2) is 35.7 Å². The van der Waals surface area contributed by atoms with E-state index >= 15 is 0 Å². The van der Waals surface area contributed by atoms with E-state index in [1.54, 1.807) is 31.5 Å². The summed E-state index contributed by atoms with van der Waals surface area (Å²) in [6.45, 7) is 0.391. The van der Waals surface area contributed by atoms with Crippen LogP contribution in [0.1, 0.15) is 18.5 Å². The molecule has 2 amide bonds. The van der Waals surface area contributed by atoms with Gasteiger partial charge in [-0.15, -0.1) is 0 Å². The number of carbonyl (C=O) groups excluding carboxylic acids is 1. The van der Waals surface area contributed by atoms with Gasteiger partial charge in [-0.2, -0.15) is 13.2 Å². The minimum atomic E-state index is -4.41. The molecule has 4 nitrogen and oxygen atoms in total. The lowest BCUT2D eigenvalue weighted by Crippen LogP contribution is -2.42. The van der Waals surface area contributed by atoms with Crippen molar-refractivity contribution in [1.82, 2.24) is 15.2 Å². The van der Waals surface area contributed by atoms with Crippen molar-refractivity contribution in [3.8, 4) is 0 Å². The van der Waals surface area contributed by atoms with Gasteiger partial charge in [-0.1, -0.05) is 0 Å². The monoisotopic (exact) mass is 261 g/mol. The third-order valence-corrected chi connectivity index (χ3v) is 2.53. The van der Waals surface area contributed by atoms with Crippen LogP contribution in [0.4, 0.5) is 18.0 Å². The number of halogens is 3. The van der Waals surface area contributed by atoms with Gasteiger partial charge < -0.3 is 10.2 Å². The molecule has 1 atom stereocenters. The van der Waals surface area contributed by atoms with E-state index in [9.17, 15) is 18.0 Å². The Kier molecular flexibility index (Phi) is 4.52. The topological polar surface area (TPSA) is 45.2 Å². The molecule has 1 heterocycles. The van der Waals surface area contributed by atoms with Crippen molar-refractivity contribution in [3.05, 3.63) is 30.1 Å². The molecule has 1 N–H and O–H groups in total. The van der Waals surface area contributed by atoms with Crippen LogP contribution in [-0.2, 0) is 0 Å². The molecule has 0 bridgehead atoms. The van der Waals surface area contributed by atoms with E-state index in [-0.39, 0.29) is 6.04 Å². The highest BCUT2D eigenvalue weighted by Crippen LogP contribution is 2.18. The summed E-state index contributed by atoms with van der Waals surface area (Å²) >= 11 is 0. The summed E-state index contributed by atoms with van der Waals surface area (Å²) in [5.41, 5.74) is 0.801. The Bertz CT molecular complexity index is 394. The van der Waals surface area contributed by atoms with Crippen LogP contribution in [0.15, 0.2) is 24.5 Å². The molecule has 0 aliphatic carbocycles. The van der Waals surface area contributed by atoms with Crippen LogP contribution in [0.2, 0.25) is 0 Å². The van der Waals surface area contributed by atoms with Gasteiger partial charge in [0.15, 0.2) is 0 Å². The highest BCUT2D eigenvalue weighted by atomic mass is 19.4. The number of pyridine rings is 1. The lowest BCUT2D eigenvalue weighted by molar-refractivity contribution is -0.123. The molecule has 0 fully saturated rings. The maximum Gasteiger partial charge on any atom is 0.405 e. The van der Waals surface area contributed by atoms with Crippen molar-refractivity contribution in [2.24, 2.45) is 0 Å². The number of aromatic nitrogens is 1. The van der Waals surface area contributed by atoms with Crippen LogP contribution >= 0.6 is 0 Å². The fraction of sp³-hybridized carbons (Fsp3) is 0.455. The van der Waals surface area contributed by atoms with Crippen molar-refractivity contribution in [2.45, 2.75) is 19.1 Å². The first-order valence-corrected chi connectivity index (χ1v) is 5.28. The number of alkyl halides is 3. The predicted molar refractivity (Wildman–Crippen MR) is 59.9 cm³/mol. The lowest BCUT2D eigenvalue weighted by Gasteiger charge is -2.25. The fourth-order valence-corrected chi connectivity index (χ4v) is 1.34. The highest BCUT2D eigenvalue weighted by Gasteiger charge is 2.29. The number of nitrogens with one attached hydrogen (secondary N) is 1. The first-order chi connectivity index (χ1) is 8.31. The number of hydrogen-bond acceptors (Lipinski definition) is 2. The number of rotatable bonds is 3. The van der Waals surface area contributed by atoms with Crippen LogP contribution in [0, 0.1) is 0 Å². The normalized spacial score (nSPS) is 12.9. The minimum Gasteiger partial charge on any atom is -0.329 e. The van der Waals surface area contributed by atoms with Gasteiger partial charge in [-0.3, -0.25) is 4.98 Å². The maximum absolute atomic E-state index is 12.0. The SMILES string of the molecule is C[C@@H](c1ccncc1)N(C)C(=O)NCC(F)(F)F. The van der Waals surface area contributed by atoms with Crippen molar-refractivity contribution in [2.75, 3.05) is 13.6 Å². The van der Waals surface area contributed by atoms with Crippen molar-refractivity contribution in [3.63, 3.8) is 0 Å². The third kappa shape index (κ3) is 4.23. The van der Waals surface area contributed by atoms with E-state index < -0.39 is 18.8 Å². The Morgan fingerprint density at radius 1 is 1.44 bits per heavy atom. The van der Waals surface area contributed by atoms with Crippen LogP contribution < -0.4 is 5.32 Å². The van der Waals surface area contributed by atoms with Crippen molar-refractivity contribution in [1.29, 1.82) is 0 Å².